The van der Waals surface area contributed by atoms with Crippen LogP contribution in [0.4, 0.5) is 0 Å². The van der Waals surface area contributed by atoms with Gasteiger partial charge in [-0.25, -0.2) is 9.67 Å². The standard InChI is InChI=1S/C22H24ClN5O2/c1-15(2)20(27-21(29)18-7-9-19(23)10-8-18)22(30)25-11-16-3-5-17(6-4-16)12-28-14-24-13-26-28/h3-10,13-15,20H,11-12H2,1-2H3,(H,25,30)(H,27,29). The van der Waals surface area contributed by atoms with Crippen LogP contribution in [-0.2, 0) is 17.9 Å². The van der Waals surface area contributed by atoms with Gasteiger partial charge < -0.3 is 10.6 Å². The number of benzene rings is 2. The third-order valence-corrected chi connectivity index (χ3v) is 4.89. The highest BCUT2D eigenvalue weighted by molar-refractivity contribution is 6.30. The van der Waals surface area contributed by atoms with Crippen molar-refractivity contribution in [2.24, 2.45) is 5.92 Å². The number of amides is 2. The molecule has 0 radical (unpaired) electrons. The molecule has 0 aliphatic carbocycles. The van der Waals surface area contributed by atoms with E-state index in [0.29, 0.717) is 23.7 Å². The summed E-state index contributed by atoms with van der Waals surface area (Å²) in [6, 6.07) is 13.8. The number of nitrogens with zero attached hydrogens (tertiary/aromatic N) is 3. The van der Waals surface area contributed by atoms with Crippen molar-refractivity contribution >= 4 is 23.4 Å². The van der Waals surface area contributed by atoms with Gasteiger partial charge in [-0.2, -0.15) is 5.10 Å². The van der Waals surface area contributed by atoms with Crippen LogP contribution in [0.25, 0.3) is 0 Å². The lowest BCUT2D eigenvalue weighted by Crippen LogP contribution is -2.49. The quantitative estimate of drug-likeness (QED) is 0.580. The maximum atomic E-state index is 12.7. The number of nitrogens with one attached hydrogen (secondary N) is 2. The molecule has 0 spiro atoms. The molecule has 2 N–H and O–H groups in total. The minimum absolute atomic E-state index is 0.0636. The Morgan fingerprint density at radius 2 is 1.70 bits per heavy atom. The van der Waals surface area contributed by atoms with Crippen molar-refractivity contribution in [3.8, 4) is 0 Å². The Bertz CT molecular complexity index is 970. The molecule has 30 heavy (non-hydrogen) atoms. The smallest absolute Gasteiger partial charge is 0.251 e. The van der Waals surface area contributed by atoms with Gasteiger partial charge in [0.2, 0.25) is 5.91 Å². The van der Waals surface area contributed by atoms with E-state index in [2.05, 4.69) is 20.7 Å². The van der Waals surface area contributed by atoms with E-state index in [9.17, 15) is 9.59 Å². The highest BCUT2D eigenvalue weighted by Crippen LogP contribution is 2.11. The van der Waals surface area contributed by atoms with Crippen LogP contribution in [0, 0.1) is 5.92 Å². The van der Waals surface area contributed by atoms with E-state index in [1.54, 1.807) is 35.3 Å². The molecule has 0 bridgehead atoms. The molecule has 3 rings (SSSR count). The highest BCUT2D eigenvalue weighted by atomic mass is 35.5. The van der Waals surface area contributed by atoms with Crippen LogP contribution in [0.3, 0.4) is 0 Å². The Kier molecular flexibility index (Phi) is 7.19. The van der Waals surface area contributed by atoms with Gasteiger partial charge in [0.1, 0.15) is 18.7 Å². The summed E-state index contributed by atoms with van der Waals surface area (Å²) in [6.45, 7) is 4.80. The van der Waals surface area contributed by atoms with Crippen LogP contribution < -0.4 is 10.6 Å². The zero-order valence-corrected chi connectivity index (χ0v) is 17.6. The van der Waals surface area contributed by atoms with Crippen molar-refractivity contribution in [3.63, 3.8) is 0 Å². The van der Waals surface area contributed by atoms with E-state index in [0.717, 1.165) is 11.1 Å². The first-order chi connectivity index (χ1) is 14.4. The van der Waals surface area contributed by atoms with Gasteiger partial charge in [-0.1, -0.05) is 49.7 Å². The molecule has 0 aliphatic heterocycles. The largest absolute Gasteiger partial charge is 0.350 e. The maximum absolute atomic E-state index is 12.7. The summed E-state index contributed by atoms with van der Waals surface area (Å²) in [4.78, 5) is 29.1. The third kappa shape index (κ3) is 5.90. The van der Waals surface area contributed by atoms with E-state index in [-0.39, 0.29) is 17.7 Å². The number of hydrogen-bond acceptors (Lipinski definition) is 4. The predicted octanol–water partition coefficient (Wildman–Crippen LogP) is 3.05. The number of rotatable bonds is 8. The van der Waals surface area contributed by atoms with Gasteiger partial charge in [0.15, 0.2) is 0 Å². The zero-order valence-electron chi connectivity index (χ0n) is 16.9. The Balaban J connectivity index is 1.55. The molecule has 1 unspecified atom stereocenters. The summed E-state index contributed by atoms with van der Waals surface area (Å²) < 4.78 is 1.74. The lowest BCUT2D eigenvalue weighted by molar-refractivity contribution is -0.124. The second-order valence-corrected chi connectivity index (χ2v) is 7.77. The molecule has 2 amide bonds. The monoisotopic (exact) mass is 425 g/mol. The number of halogens is 1. The van der Waals surface area contributed by atoms with Gasteiger partial charge in [-0.15, -0.1) is 0 Å². The van der Waals surface area contributed by atoms with Gasteiger partial charge in [-0.05, 0) is 41.3 Å². The first-order valence-electron chi connectivity index (χ1n) is 9.67. The zero-order chi connectivity index (χ0) is 21.5. The van der Waals surface area contributed by atoms with Gasteiger partial charge >= 0.3 is 0 Å². The minimum atomic E-state index is -0.639. The Morgan fingerprint density at radius 1 is 1.03 bits per heavy atom. The Hall–Kier alpha value is -3.19. The van der Waals surface area contributed by atoms with Gasteiger partial charge in [-0.3, -0.25) is 9.59 Å². The molecular formula is C22H24ClN5O2. The van der Waals surface area contributed by atoms with Crippen molar-refractivity contribution in [2.45, 2.75) is 33.0 Å². The normalized spacial score (nSPS) is 11.9. The average molecular weight is 426 g/mol. The number of carbonyl (C=O) groups is 2. The summed E-state index contributed by atoms with van der Waals surface area (Å²) in [6.07, 6.45) is 3.17. The number of aromatic nitrogens is 3. The molecular weight excluding hydrogens is 402 g/mol. The molecule has 0 saturated carbocycles. The summed E-state index contributed by atoms with van der Waals surface area (Å²) in [5.74, 6) is -0.594. The van der Waals surface area contributed by atoms with Gasteiger partial charge in [0.25, 0.3) is 5.91 Å². The van der Waals surface area contributed by atoms with Crippen molar-refractivity contribution in [3.05, 3.63) is 82.9 Å². The maximum Gasteiger partial charge on any atom is 0.251 e. The molecule has 0 aliphatic rings. The Labute approximate surface area is 180 Å². The predicted molar refractivity (Wildman–Crippen MR) is 115 cm³/mol. The summed E-state index contributed by atoms with van der Waals surface area (Å²) in [5, 5.41) is 10.4. The molecule has 1 aromatic heterocycles. The van der Waals surface area contributed by atoms with E-state index in [1.807, 2.05) is 38.1 Å². The highest BCUT2D eigenvalue weighted by Gasteiger charge is 2.24. The van der Waals surface area contributed by atoms with Crippen molar-refractivity contribution in [1.29, 1.82) is 0 Å². The number of carbonyl (C=O) groups excluding carboxylic acids is 2. The summed E-state index contributed by atoms with van der Waals surface area (Å²) in [7, 11) is 0. The lowest BCUT2D eigenvalue weighted by atomic mass is 10.0. The molecule has 1 heterocycles. The molecule has 3 aromatic rings. The molecule has 156 valence electrons. The van der Waals surface area contributed by atoms with E-state index >= 15 is 0 Å². The fraction of sp³-hybridized carbons (Fsp3) is 0.273. The van der Waals surface area contributed by atoms with Gasteiger partial charge in [0, 0.05) is 17.1 Å². The van der Waals surface area contributed by atoms with Crippen molar-refractivity contribution in [2.75, 3.05) is 0 Å². The first kappa shape index (κ1) is 21.5. The van der Waals surface area contributed by atoms with E-state index in [4.69, 9.17) is 11.6 Å². The summed E-state index contributed by atoms with van der Waals surface area (Å²) in [5.41, 5.74) is 2.52. The SMILES string of the molecule is CC(C)C(NC(=O)c1ccc(Cl)cc1)C(=O)NCc1ccc(Cn2cncn2)cc1. The molecule has 0 fully saturated rings. The van der Waals surface area contributed by atoms with Crippen LogP contribution in [0.15, 0.2) is 61.2 Å². The van der Waals surface area contributed by atoms with Crippen LogP contribution in [0.2, 0.25) is 5.02 Å². The minimum Gasteiger partial charge on any atom is -0.350 e. The molecule has 1 atom stereocenters. The number of hydrogen-bond donors (Lipinski definition) is 2. The summed E-state index contributed by atoms with van der Waals surface area (Å²) >= 11 is 5.86. The second kappa shape index (κ2) is 10.0. The van der Waals surface area contributed by atoms with Crippen molar-refractivity contribution < 1.29 is 9.59 Å². The van der Waals surface area contributed by atoms with Crippen LogP contribution in [-0.4, -0.2) is 32.6 Å². The van der Waals surface area contributed by atoms with E-state index < -0.39 is 6.04 Å². The van der Waals surface area contributed by atoms with Crippen molar-refractivity contribution in [1.82, 2.24) is 25.4 Å². The molecule has 8 heteroatoms. The first-order valence-corrected chi connectivity index (χ1v) is 10.0. The topological polar surface area (TPSA) is 88.9 Å². The third-order valence-electron chi connectivity index (χ3n) is 4.64. The fourth-order valence-electron chi connectivity index (χ4n) is 2.92. The van der Waals surface area contributed by atoms with E-state index in [1.165, 1.54) is 6.33 Å². The van der Waals surface area contributed by atoms with Gasteiger partial charge in [0.05, 0.1) is 6.54 Å². The Morgan fingerprint density at radius 3 is 2.30 bits per heavy atom. The van der Waals surface area contributed by atoms with Crippen LogP contribution in [0.1, 0.15) is 35.3 Å². The van der Waals surface area contributed by atoms with Crippen LogP contribution in [0.5, 0.6) is 0 Å². The lowest BCUT2D eigenvalue weighted by Gasteiger charge is -2.22. The average Bonchev–Trinajstić information content (AvgIpc) is 3.24. The fourth-order valence-corrected chi connectivity index (χ4v) is 3.05. The second-order valence-electron chi connectivity index (χ2n) is 7.33. The van der Waals surface area contributed by atoms with Crippen LogP contribution >= 0.6 is 11.6 Å². The molecule has 0 saturated heterocycles. The molecule has 2 aromatic carbocycles. The molecule has 7 nitrogen and oxygen atoms in total.